The SMILES string of the molecule is C#CCOC(=O)N1CCC(CS(=O)(=O)N2CC=C(c3ccccc3)CC2)(C(=O)OC)CC1. The highest BCUT2D eigenvalue weighted by atomic mass is 32.2. The van der Waals surface area contributed by atoms with E-state index in [1.54, 1.807) is 0 Å². The van der Waals surface area contributed by atoms with Crippen LogP contribution >= 0.6 is 0 Å². The number of benzene rings is 1. The maximum Gasteiger partial charge on any atom is 0.410 e. The van der Waals surface area contributed by atoms with Crippen LogP contribution in [-0.4, -0.2) is 75.3 Å². The summed E-state index contributed by atoms with van der Waals surface area (Å²) in [5.74, 6) is 1.30. The van der Waals surface area contributed by atoms with Gasteiger partial charge in [0.15, 0.2) is 6.61 Å². The van der Waals surface area contributed by atoms with Crippen LogP contribution in [0.2, 0.25) is 0 Å². The molecule has 3 rings (SSSR count). The van der Waals surface area contributed by atoms with Gasteiger partial charge in [0.2, 0.25) is 10.0 Å². The third-order valence-electron chi connectivity index (χ3n) is 6.04. The van der Waals surface area contributed by atoms with E-state index in [1.165, 1.54) is 16.3 Å². The molecule has 2 heterocycles. The number of terminal acetylenes is 1. The predicted molar refractivity (Wildman–Crippen MR) is 120 cm³/mol. The lowest BCUT2D eigenvalue weighted by molar-refractivity contribution is -0.154. The minimum absolute atomic E-state index is 0.140. The number of piperidine rings is 1. The van der Waals surface area contributed by atoms with Gasteiger partial charge in [0, 0.05) is 26.2 Å². The van der Waals surface area contributed by atoms with Crippen molar-refractivity contribution >= 4 is 27.7 Å². The number of methoxy groups -OCH3 is 1. The van der Waals surface area contributed by atoms with E-state index >= 15 is 0 Å². The van der Waals surface area contributed by atoms with Gasteiger partial charge in [-0.1, -0.05) is 42.3 Å². The van der Waals surface area contributed by atoms with E-state index in [4.69, 9.17) is 15.9 Å². The highest BCUT2D eigenvalue weighted by Gasteiger charge is 2.48. The Bertz CT molecular complexity index is 1000. The average Bonchev–Trinajstić information content (AvgIpc) is 2.82. The van der Waals surface area contributed by atoms with E-state index in [-0.39, 0.29) is 44.8 Å². The molecule has 0 aliphatic carbocycles. The Morgan fingerprint density at radius 1 is 1.16 bits per heavy atom. The van der Waals surface area contributed by atoms with Crippen molar-refractivity contribution in [2.24, 2.45) is 5.41 Å². The molecule has 172 valence electrons. The maximum atomic E-state index is 13.2. The molecule has 0 saturated carbocycles. The van der Waals surface area contributed by atoms with Gasteiger partial charge in [-0.2, -0.15) is 4.31 Å². The second-order valence-electron chi connectivity index (χ2n) is 7.98. The van der Waals surface area contributed by atoms with Gasteiger partial charge in [-0.15, -0.1) is 6.42 Å². The van der Waals surface area contributed by atoms with Crippen molar-refractivity contribution in [3.8, 4) is 12.3 Å². The molecule has 32 heavy (non-hydrogen) atoms. The molecule has 1 saturated heterocycles. The fourth-order valence-corrected chi connectivity index (χ4v) is 6.15. The zero-order valence-corrected chi connectivity index (χ0v) is 19.0. The molecule has 0 spiro atoms. The number of carbonyl (C=O) groups is 2. The summed E-state index contributed by atoms with van der Waals surface area (Å²) in [4.78, 5) is 26.1. The molecule has 1 aromatic rings. The summed E-state index contributed by atoms with van der Waals surface area (Å²) in [6.45, 7) is 0.844. The summed E-state index contributed by atoms with van der Waals surface area (Å²) < 4.78 is 37.8. The largest absolute Gasteiger partial charge is 0.469 e. The first kappa shape index (κ1) is 23.8. The molecule has 2 aliphatic rings. The fourth-order valence-electron chi connectivity index (χ4n) is 4.19. The monoisotopic (exact) mass is 460 g/mol. The van der Waals surface area contributed by atoms with E-state index in [1.807, 2.05) is 36.4 Å². The molecule has 9 heteroatoms. The lowest BCUT2D eigenvalue weighted by atomic mass is 9.80. The molecule has 1 fully saturated rings. The molecule has 2 aliphatic heterocycles. The summed E-state index contributed by atoms with van der Waals surface area (Å²) >= 11 is 0. The van der Waals surface area contributed by atoms with Crippen LogP contribution in [0.25, 0.3) is 5.57 Å². The third kappa shape index (κ3) is 5.31. The van der Waals surface area contributed by atoms with Gasteiger partial charge in [0.25, 0.3) is 0 Å². The minimum Gasteiger partial charge on any atom is -0.469 e. The van der Waals surface area contributed by atoms with Crippen LogP contribution in [0.3, 0.4) is 0 Å². The standard InChI is InChI=1S/C23H28N2O6S/c1-3-17-31-22(27)24-15-11-23(12-16-24,21(26)30-2)18-32(28,29)25-13-9-20(10-14-25)19-7-5-4-6-8-19/h1,4-9H,10-18H2,2H3. The van der Waals surface area contributed by atoms with Crippen LogP contribution in [0.4, 0.5) is 4.79 Å². The zero-order chi connectivity index (χ0) is 23.2. The van der Waals surface area contributed by atoms with E-state index in [2.05, 4.69) is 5.92 Å². The van der Waals surface area contributed by atoms with Gasteiger partial charge in [-0.05, 0) is 30.4 Å². The molecular formula is C23H28N2O6S. The number of rotatable bonds is 6. The number of hydrogen-bond donors (Lipinski definition) is 0. The van der Waals surface area contributed by atoms with Crippen molar-refractivity contribution < 1.29 is 27.5 Å². The highest BCUT2D eigenvalue weighted by molar-refractivity contribution is 7.89. The quantitative estimate of drug-likeness (QED) is 0.477. The van der Waals surface area contributed by atoms with Gasteiger partial charge >= 0.3 is 12.1 Å². The predicted octanol–water partition coefficient (Wildman–Crippen LogP) is 2.13. The maximum absolute atomic E-state index is 13.2. The normalized spacial score (nSPS) is 18.9. The molecule has 1 aromatic carbocycles. The molecule has 0 bridgehead atoms. The van der Waals surface area contributed by atoms with Crippen molar-refractivity contribution in [3.05, 3.63) is 42.0 Å². The lowest BCUT2D eigenvalue weighted by Crippen LogP contribution is -2.52. The van der Waals surface area contributed by atoms with Gasteiger partial charge in [-0.25, -0.2) is 13.2 Å². The van der Waals surface area contributed by atoms with E-state index in [9.17, 15) is 18.0 Å². The van der Waals surface area contributed by atoms with Crippen molar-refractivity contribution in [3.63, 3.8) is 0 Å². The minimum atomic E-state index is -3.73. The van der Waals surface area contributed by atoms with Crippen molar-refractivity contribution in [1.82, 2.24) is 9.21 Å². The van der Waals surface area contributed by atoms with E-state index in [0.29, 0.717) is 13.0 Å². The van der Waals surface area contributed by atoms with Crippen LogP contribution in [0.1, 0.15) is 24.8 Å². The second kappa shape index (κ2) is 10.2. The smallest absolute Gasteiger partial charge is 0.410 e. The Balaban J connectivity index is 1.69. The summed E-state index contributed by atoms with van der Waals surface area (Å²) in [7, 11) is -2.48. The van der Waals surface area contributed by atoms with Gasteiger partial charge in [0.1, 0.15) is 0 Å². The number of ether oxygens (including phenoxy) is 2. The van der Waals surface area contributed by atoms with Crippen molar-refractivity contribution in [1.29, 1.82) is 0 Å². The lowest BCUT2D eigenvalue weighted by Gasteiger charge is -2.40. The summed E-state index contributed by atoms with van der Waals surface area (Å²) in [5, 5.41) is 0. The summed E-state index contributed by atoms with van der Waals surface area (Å²) in [5.41, 5.74) is 0.984. The summed E-state index contributed by atoms with van der Waals surface area (Å²) in [6.07, 6.45) is 7.40. The first-order valence-electron chi connectivity index (χ1n) is 10.5. The molecule has 0 N–H and O–H groups in total. The zero-order valence-electron chi connectivity index (χ0n) is 18.2. The van der Waals surface area contributed by atoms with E-state index < -0.39 is 27.5 Å². The van der Waals surface area contributed by atoms with Crippen LogP contribution in [0.5, 0.6) is 0 Å². The number of amides is 1. The van der Waals surface area contributed by atoms with Gasteiger partial charge in [0.05, 0.1) is 18.3 Å². The second-order valence-corrected chi connectivity index (χ2v) is 9.95. The van der Waals surface area contributed by atoms with E-state index in [0.717, 1.165) is 11.1 Å². The van der Waals surface area contributed by atoms with Gasteiger partial charge in [-0.3, -0.25) is 4.79 Å². The van der Waals surface area contributed by atoms with Crippen LogP contribution < -0.4 is 0 Å². The number of esters is 1. The molecule has 0 radical (unpaired) electrons. The molecule has 8 nitrogen and oxygen atoms in total. The first-order valence-corrected chi connectivity index (χ1v) is 12.1. The first-order chi connectivity index (χ1) is 15.3. The number of carbonyl (C=O) groups excluding carboxylic acids is 2. The number of sulfonamides is 1. The van der Waals surface area contributed by atoms with Gasteiger partial charge < -0.3 is 14.4 Å². The Hall–Kier alpha value is -2.83. The highest BCUT2D eigenvalue weighted by Crippen LogP contribution is 2.36. The van der Waals surface area contributed by atoms with Crippen LogP contribution in [0, 0.1) is 17.8 Å². The van der Waals surface area contributed by atoms with Crippen LogP contribution in [-0.2, 0) is 24.3 Å². The fraction of sp³-hybridized carbons (Fsp3) is 0.478. The Morgan fingerprint density at radius 3 is 2.41 bits per heavy atom. The number of nitrogens with zero attached hydrogens (tertiary/aromatic N) is 2. The molecular weight excluding hydrogens is 432 g/mol. The Morgan fingerprint density at radius 2 is 1.84 bits per heavy atom. The average molecular weight is 461 g/mol. The number of hydrogen-bond acceptors (Lipinski definition) is 6. The molecule has 1 amide bonds. The Labute approximate surface area is 189 Å². The van der Waals surface area contributed by atoms with Crippen LogP contribution in [0.15, 0.2) is 36.4 Å². The molecule has 0 unspecified atom stereocenters. The number of likely N-dealkylation sites (tertiary alicyclic amines) is 1. The van der Waals surface area contributed by atoms with Crippen molar-refractivity contribution in [2.75, 3.05) is 45.6 Å². The Kier molecular flexibility index (Phi) is 7.59. The molecule has 0 aromatic heterocycles. The molecule has 0 atom stereocenters. The topological polar surface area (TPSA) is 93.2 Å². The summed E-state index contributed by atoms with van der Waals surface area (Å²) in [6, 6.07) is 9.85. The third-order valence-corrected chi connectivity index (χ3v) is 8.08. The van der Waals surface area contributed by atoms with Crippen molar-refractivity contribution in [2.45, 2.75) is 19.3 Å².